The predicted molar refractivity (Wildman–Crippen MR) is 83.0 cm³/mol. The molecular formula is C17H19FN2O. The van der Waals surface area contributed by atoms with E-state index >= 15 is 0 Å². The fourth-order valence-corrected chi connectivity index (χ4v) is 2.39. The van der Waals surface area contributed by atoms with Crippen LogP contribution in [0.1, 0.15) is 34.5 Å². The number of benzene rings is 2. The highest BCUT2D eigenvalue weighted by Gasteiger charge is 2.17. The summed E-state index contributed by atoms with van der Waals surface area (Å²) in [6.07, 6.45) is 0. The molecule has 2 rings (SSSR count). The fourth-order valence-electron chi connectivity index (χ4n) is 2.39. The standard InChI is InChI=1S/C17H19FN2O/c1-11-7-4-5-8-13(11)12(2)20-17(21)14-9-6-10-15(18)16(14)19-3/h4-10,12,19H,1-3H3,(H,20,21). The van der Waals surface area contributed by atoms with Crippen molar-refractivity contribution >= 4 is 11.6 Å². The van der Waals surface area contributed by atoms with E-state index in [9.17, 15) is 9.18 Å². The Hall–Kier alpha value is -2.36. The summed E-state index contributed by atoms with van der Waals surface area (Å²) in [7, 11) is 1.60. The van der Waals surface area contributed by atoms with Gasteiger partial charge in [0.25, 0.3) is 5.91 Å². The van der Waals surface area contributed by atoms with Crippen molar-refractivity contribution in [2.24, 2.45) is 0 Å². The molecule has 0 spiro atoms. The molecule has 0 aliphatic carbocycles. The van der Waals surface area contributed by atoms with Crippen LogP contribution >= 0.6 is 0 Å². The molecule has 0 heterocycles. The molecular weight excluding hydrogens is 267 g/mol. The average molecular weight is 286 g/mol. The lowest BCUT2D eigenvalue weighted by atomic mass is 10.0. The lowest BCUT2D eigenvalue weighted by molar-refractivity contribution is 0.0940. The fraction of sp³-hybridized carbons (Fsp3) is 0.235. The lowest BCUT2D eigenvalue weighted by Crippen LogP contribution is -2.28. The summed E-state index contributed by atoms with van der Waals surface area (Å²) in [5.41, 5.74) is 2.68. The molecule has 0 saturated heterocycles. The van der Waals surface area contributed by atoms with Crippen LogP contribution in [0.15, 0.2) is 42.5 Å². The number of carbonyl (C=O) groups is 1. The van der Waals surface area contributed by atoms with Crippen LogP contribution in [0.25, 0.3) is 0 Å². The van der Waals surface area contributed by atoms with E-state index in [1.165, 1.54) is 12.1 Å². The summed E-state index contributed by atoms with van der Waals surface area (Å²) in [4.78, 5) is 12.4. The van der Waals surface area contributed by atoms with E-state index < -0.39 is 5.82 Å². The number of halogens is 1. The topological polar surface area (TPSA) is 41.1 Å². The second kappa shape index (κ2) is 6.39. The van der Waals surface area contributed by atoms with Crippen molar-refractivity contribution in [1.82, 2.24) is 5.32 Å². The molecule has 3 nitrogen and oxygen atoms in total. The first-order valence-electron chi connectivity index (χ1n) is 6.87. The van der Waals surface area contributed by atoms with Gasteiger partial charge in [-0.05, 0) is 37.1 Å². The number of hydrogen-bond donors (Lipinski definition) is 2. The van der Waals surface area contributed by atoms with Crippen molar-refractivity contribution in [3.63, 3.8) is 0 Å². The second-order valence-electron chi connectivity index (χ2n) is 4.96. The lowest BCUT2D eigenvalue weighted by Gasteiger charge is -2.18. The maximum absolute atomic E-state index is 13.7. The molecule has 0 fully saturated rings. The van der Waals surface area contributed by atoms with Gasteiger partial charge in [-0.1, -0.05) is 30.3 Å². The summed E-state index contributed by atoms with van der Waals surface area (Å²) < 4.78 is 13.7. The maximum Gasteiger partial charge on any atom is 0.253 e. The van der Waals surface area contributed by atoms with Crippen molar-refractivity contribution in [1.29, 1.82) is 0 Å². The minimum atomic E-state index is -0.436. The molecule has 2 N–H and O–H groups in total. The first-order valence-corrected chi connectivity index (χ1v) is 6.87. The zero-order valence-electron chi connectivity index (χ0n) is 12.4. The molecule has 0 bridgehead atoms. The van der Waals surface area contributed by atoms with Gasteiger partial charge in [-0.15, -0.1) is 0 Å². The maximum atomic E-state index is 13.7. The van der Waals surface area contributed by atoms with E-state index in [-0.39, 0.29) is 17.6 Å². The Bertz CT molecular complexity index is 655. The van der Waals surface area contributed by atoms with E-state index in [1.54, 1.807) is 13.1 Å². The molecule has 1 unspecified atom stereocenters. The Morgan fingerprint density at radius 2 is 1.86 bits per heavy atom. The highest BCUT2D eigenvalue weighted by Crippen LogP contribution is 2.21. The van der Waals surface area contributed by atoms with Crippen LogP contribution in [0, 0.1) is 12.7 Å². The van der Waals surface area contributed by atoms with Crippen molar-refractivity contribution in [2.75, 3.05) is 12.4 Å². The van der Waals surface area contributed by atoms with Crippen LogP contribution in [-0.2, 0) is 0 Å². The second-order valence-corrected chi connectivity index (χ2v) is 4.96. The number of rotatable bonds is 4. The van der Waals surface area contributed by atoms with Gasteiger partial charge in [0.2, 0.25) is 0 Å². The Kier molecular flexibility index (Phi) is 4.58. The largest absolute Gasteiger partial charge is 0.385 e. The monoisotopic (exact) mass is 286 g/mol. The summed E-state index contributed by atoms with van der Waals surface area (Å²) in [6.45, 7) is 3.91. The van der Waals surface area contributed by atoms with Crippen LogP contribution in [0.3, 0.4) is 0 Å². The number of amides is 1. The molecule has 2 aromatic carbocycles. The smallest absolute Gasteiger partial charge is 0.253 e. The Morgan fingerprint density at radius 3 is 2.52 bits per heavy atom. The molecule has 0 aliphatic rings. The number of para-hydroxylation sites is 1. The molecule has 0 aromatic heterocycles. The van der Waals surface area contributed by atoms with Gasteiger partial charge in [-0.3, -0.25) is 4.79 Å². The van der Waals surface area contributed by atoms with Crippen LogP contribution in [0.2, 0.25) is 0 Å². The van der Waals surface area contributed by atoms with Crippen LogP contribution in [-0.4, -0.2) is 13.0 Å². The van der Waals surface area contributed by atoms with Gasteiger partial charge in [-0.25, -0.2) is 4.39 Å². The number of aryl methyl sites for hydroxylation is 1. The SMILES string of the molecule is CNc1c(F)cccc1C(=O)NC(C)c1ccccc1C. The van der Waals surface area contributed by atoms with E-state index in [0.717, 1.165) is 11.1 Å². The molecule has 4 heteroatoms. The van der Waals surface area contributed by atoms with Gasteiger partial charge in [-0.2, -0.15) is 0 Å². The average Bonchev–Trinajstić information content (AvgIpc) is 2.47. The molecule has 0 radical (unpaired) electrons. The van der Waals surface area contributed by atoms with Gasteiger partial charge in [0.05, 0.1) is 17.3 Å². The summed E-state index contributed by atoms with van der Waals surface area (Å²) in [6, 6.07) is 12.2. The first kappa shape index (κ1) is 15.0. The molecule has 1 atom stereocenters. The third-order valence-electron chi connectivity index (χ3n) is 3.51. The van der Waals surface area contributed by atoms with Gasteiger partial charge < -0.3 is 10.6 Å². The van der Waals surface area contributed by atoms with Gasteiger partial charge >= 0.3 is 0 Å². The van der Waals surface area contributed by atoms with E-state index in [2.05, 4.69) is 10.6 Å². The highest BCUT2D eigenvalue weighted by atomic mass is 19.1. The Labute approximate surface area is 124 Å². The number of nitrogens with one attached hydrogen (secondary N) is 2. The van der Waals surface area contributed by atoms with E-state index in [4.69, 9.17) is 0 Å². The molecule has 1 amide bonds. The number of carbonyl (C=O) groups excluding carboxylic acids is 1. The molecule has 2 aromatic rings. The zero-order valence-corrected chi connectivity index (χ0v) is 12.4. The molecule has 21 heavy (non-hydrogen) atoms. The first-order chi connectivity index (χ1) is 10.0. The number of hydrogen-bond acceptors (Lipinski definition) is 2. The van der Waals surface area contributed by atoms with Crippen LogP contribution in [0.4, 0.5) is 10.1 Å². The zero-order chi connectivity index (χ0) is 15.4. The minimum absolute atomic E-state index is 0.147. The molecule has 0 saturated carbocycles. The van der Waals surface area contributed by atoms with Crippen LogP contribution in [0.5, 0.6) is 0 Å². The number of anilines is 1. The third kappa shape index (κ3) is 3.21. The summed E-state index contributed by atoms with van der Waals surface area (Å²) >= 11 is 0. The van der Waals surface area contributed by atoms with Gasteiger partial charge in [0.15, 0.2) is 0 Å². The highest BCUT2D eigenvalue weighted by molar-refractivity contribution is 5.99. The van der Waals surface area contributed by atoms with Gasteiger partial charge in [0, 0.05) is 7.05 Å². The van der Waals surface area contributed by atoms with Crippen molar-refractivity contribution in [3.05, 3.63) is 65.0 Å². The van der Waals surface area contributed by atoms with E-state index in [1.807, 2.05) is 38.1 Å². The molecule has 110 valence electrons. The normalized spacial score (nSPS) is 11.8. The van der Waals surface area contributed by atoms with Crippen LogP contribution < -0.4 is 10.6 Å². The third-order valence-corrected chi connectivity index (χ3v) is 3.51. The quantitative estimate of drug-likeness (QED) is 0.900. The Balaban J connectivity index is 2.23. The molecule has 0 aliphatic heterocycles. The van der Waals surface area contributed by atoms with Crippen molar-refractivity contribution in [3.8, 4) is 0 Å². The summed E-state index contributed by atoms with van der Waals surface area (Å²) in [5.74, 6) is -0.733. The van der Waals surface area contributed by atoms with Crippen molar-refractivity contribution in [2.45, 2.75) is 19.9 Å². The summed E-state index contributed by atoms with van der Waals surface area (Å²) in [5, 5.41) is 5.64. The Morgan fingerprint density at radius 1 is 1.14 bits per heavy atom. The minimum Gasteiger partial charge on any atom is -0.385 e. The van der Waals surface area contributed by atoms with E-state index in [0.29, 0.717) is 5.56 Å². The predicted octanol–water partition coefficient (Wildman–Crippen LogP) is 3.67. The van der Waals surface area contributed by atoms with Crippen molar-refractivity contribution < 1.29 is 9.18 Å². The van der Waals surface area contributed by atoms with Gasteiger partial charge in [0.1, 0.15) is 5.82 Å².